The lowest BCUT2D eigenvalue weighted by Gasteiger charge is -2.14. The topological polar surface area (TPSA) is 97.6 Å². The number of anilines is 3. The number of halogens is 1. The monoisotopic (exact) mass is 505 g/mol. The van der Waals surface area contributed by atoms with Crippen molar-refractivity contribution in [2.24, 2.45) is 0 Å². The molecule has 0 unspecified atom stereocenters. The lowest BCUT2D eigenvalue weighted by atomic mass is 10.1. The predicted molar refractivity (Wildman–Crippen MR) is 146 cm³/mol. The minimum atomic E-state index is -0.704. The highest BCUT2D eigenvalue weighted by molar-refractivity contribution is 6.05. The summed E-state index contributed by atoms with van der Waals surface area (Å²) in [6.07, 6.45) is 10.1. The first-order valence-corrected chi connectivity index (χ1v) is 11.8. The van der Waals surface area contributed by atoms with E-state index in [0.717, 1.165) is 16.8 Å². The smallest absolute Gasteiger partial charge is 0.255 e. The van der Waals surface area contributed by atoms with Crippen LogP contribution in [0.3, 0.4) is 0 Å². The molecular weight excluding hydrogens is 481 g/mol. The molecule has 5 rings (SSSR count). The summed E-state index contributed by atoms with van der Waals surface area (Å²) in [7, 11) is 0. The molecule has 38 heavy (non-hydrogen) atoms. The average molecular weight is 506 g/mol. The fraction of sp³-hybridized carbons (Fsp3) is 0.0690. The molecule has 0 fully saturated rings. The van der Waals surface area contributed by atoms with Crippen molar-refractivity contribution < 1.29 is 9.18 Å². The highest BCUT2D eigenvalue weighted by atomic mass is 19.1. The molecule has 1 amide bonds. The van der Waals surface area contributed by atoms with Gasteiger partial charge >= 0.3 is 0 Å². The fourth-order valence-electron chi connectivity index (χ4n) is 3.99. The maximum atomic E-state index is 13.9. The van der Waals surface area contributed by atoms with Gasteiger partial charge in [0.05, 0.1) is 11.4 Å². The second kappa shape index (κ2) is 10.8. The number of rotatable bonds is 8. The predicted octanol–water partition coefficient (Wildman–Crippen LogP) is 6.14. The second-order valence-corrected chi connectivity index (χ2v) is 8.45. The molecule has 0 aliphatic heterocycles. The van der Waals surface area contributed by atoms with E-state index in [1.165, 1.54) is 0 Å². The molecule has 0 saturated carbocycles. The van der Waals surface area contributed by atoms with E-state index in [0.29, 0.717) is 40.0 Å². The molecule has 2 aromatic carbocycles. The Balaban J connectivity index is 1.36. The van der Waals surface area contributed by atoms with Crippen LogP contribution in [0.5, 0.6) is 0 Å². The fourth-order valence-corrected chi connectivity index (χ4v) is 3.99. The van der Waals surface area contributed by atoms with E-state index in [9.17, 15) is 9.18 Å². The third-order valence-electron chi connectivity index (χ3n) is 5.95. The number of carbonyl (C=O) groups is 1. The summed E-state index contributed by atoms with van der Waals surface area (Å²) in [6, 6.07) is 16.0. The Morgan fingerprint density at radius 1 is 1.08 bits per heavy atom. The van der Waals surface area contributed by atoms with Crippen LogP contribution >= 0.6 is 0 Å². The van der Waals surface area contributed by atoms with Crippen molar-refractivity contribution in [1.82, 2.24) is 24.5 Å². The van der Waals surface area contributed by atoms with Crippen LogP contribution in [0.25, 0.3) is 23.0 Å². The van der Waals surface area contributed by atoms with Gasteiger partial charge in [0.25, 0.3) is 5.91 Å². The first-order valence-electron chi connectivity index (χ1n) is 11.8. The summed E-state index contributed by atoms with van der Waals surface area (Å²) >= 11 is 0. The van der Waals surface area contributed by atoms with Crippen molar-refractivity contribution >= 4 is 29.3 Å². The van der Waals surface area contributed by atoms with E-state index in [1.807, 2.05) is 25.1 Å². The first kappa shape index (κ1) is 24.5. The van der Waals surface area contributed by atoms with E-state index < -0.39 is 6.67 Å². The van der Waals surface area contributed by atoms with Gasteiger partial charge in [0, 0.05) is 59.0 Å². The molecule has 2 N–H and O–H groups in total. The third kappa shape index (κ3) is 5.17. The van der Waals surface area contributed by atoms with E-state index in [2.05, 4.69) is 37.1 Å². The molecule has 3 heterocycles. The van der Waals surface area contributed by atoms with Crippen LogP contribution in [-0.4, -0.2) is 30.4 Å². The molecule has 9 heteroatoms. The van der Waals surface area contributed by atoms with Crippen molar-refractivity contribution in [3.8, 4) is 16.9 Å². The maximum absolute atomic E-state index is 13.9. The molecule has 0 atom stereocenters. The molecule has 3 aromatic heterocycles. The summed E-state index contributed by atoms with van der Waals surface area (Å²) < 4.78 is 15.6. The number of benzene rings is 2. The summed E-state index contributed by atoms with van der Waals surface area (Å²) in [5.74, 6) is 0.671. The van der Waals surface area contributed by atoms with Crippen LogP contribution in [0.15, 0.2) is 92.2 Å². The zero-order valence-corrected chi connectivity index (χ0v) is 20.6. The molecule has 0 saturated heterocycles. The third-order valence-corrected chi connectivity index (χ3v) is 5.95. The lowest BCUT2D eigenvalue weighted by molar-refractivity contribution is 0.102. The lowest BCUT2D eigenvalue weighted by Crippen LogP contribution is -2.13. The largest absolute Gasteiger partial charge is 0.324 e. The Morgan fingerprint density at radius 3 is 2.76 bits per heavy atom. The van der Waals surface area contributed by atoms with Crippen LogP contribution < -0.4 is 10.6 Å². The number of imidazole rings is 1. The number of hydrogen-bond acceptors (Lipinski definition) is 6. The summed E-state index contributed by atoms with van der Waals surface area (Å²) in [6.45, 7) is 4.96. The number of aryl methyl sites for hydroxylation is 1. The molecule has 0 bridgehead atoms. The van der Waals surface area contributed by atoms with Gasteiger partial charge in [-0.15, -0.1) is 0 Å². The quantitative estimate of drug-likeness (QED) is 0.263. The van der Waals surface area contributed by atoms with Gasteiger partial charge in [0.2, 0.25) is 5.95 Å². The molecule has 0 spiro atoms. The molecular formula is C29H24FN7O. The number of alkyl halides is 1. The van der Waals surface area contributed by atoms with Crippen LogP contribution in [0, 0.1) is 6.92 Å². The number of hydrogen-bond donors (Lipinski definition) is 2. The first-order chi connectivity index (χ1) is 18.6. The number of carbonyl (C=O) groups excluding carboxylic acids is 1. The standard InChI is InChI=1S/C29H24FN7O/c1-3-27-32-13-14-37(27)26-9-8-23(15-22(26)17-30)34-28(38)20-7-6-19(2)25(16-20)36-29-33-12-10-24(35-29)21-5-4-11-31-18-21/h3-16,18H,1,17H2,2H3,(H,34,38)(H,33,35,36). The Kier molecular flexibility index (Phi) is 6.99. The highest BCUT2D eigenvalue weighted by Crippen LogP contribution is 2.25. The molecule has 8 nitrogen and oxygen atoms in total. The Labute approximate surface area is 219 Å². The van der Waals surface area contributed by atoms with E-state index in [-0.39, 0.29) is 5.91 Å². The van der Waals surface area contributed by atoms with E-state index >= 15 is 0 Å². The molecule has 0 aliphatic rings. The minimum absolute atomic E-state index is 0.329. The van der Waals surface area contributed by atoms with Crippen molar-refractivity contribution in [3.05, 3.63) is 115 Å². The maximum Gasteiger partial charge on any atom is 0.255 e. The number of amides is 1. The number of nitrogens with one attached hydrogen (secondary N) is 2. The van der Waals surface area contributed by atoms with Crippen LogP contribution in [0.4, 0.5) is 21.7 Å². The van der Waals surface area contributed by atoms with Gasteiger partial charge < -0.3 is 10.6 Å². The van der Waals surface area contributed by atoms with Crippen molar-refractivity contribution in [2.75, 3.05) is 10.6 Å². The zero-order chi connectivity index (χ0) is 26.5. The number of nitrogens with zero attached hydrogens (tertiary/aromatic N) is 5. The van der Waals surface area contributed by atoms with Crippen LogP contribution in [-0.2, 0) is 6.67 Å². The van der Waals surface area contributed by atoms with Crippen molar-refractivity contribution in [2.45, 2.75) is 13.6 Å². The Morgan fingerprint density at radius 2 is 1.97 bits per heavy atom. The van der Waals surface area contributed by atoms with Gasteiger partial charge in [-0.25, -0.2) is 19.3 Å². The van der Waals surface area contributed by atoms with Gasteiger partial charge in [0.1, 0.15) is 12.5 Å². The van der Waals surface area contributed by atoms with Crippen molar-refractivity contribution in [3.63, 3.8) is 0 Å². The Hall–Kier alpha value is -5.18. The highest BCUT2D eigenvalue weighted by Gasteiger charge is 2.13. The zero-order valence-electron chi connectivity index (χ0n) is 20.6. The van der Waals surface area contributed by atoms with Gasteiger partial charge in [-0.2, -0.15) is 0 Å². The number of pyridine rings is 1. The SMILES string of the molecule is C=Cc1nccn1-c1ccc(NC(=O)c2ccc(C)c(Nc3nccc(-c4cccnc4)n3)c2)cc1CF. The Bertz CT molecular complexity index is 1610. The van der Waals surface area contributed by atoms with Crippen LogP contribution in [0.2, 0.25) is 0 Å². The van der Waals surface area contributed by atoms with Crippen molar-refractivity contribution in [1.29, 1.82) is 0 Å². The van der Waals surface area contributed by atoms with E-state index in [4.69, 9.17) is 0 Å². The van der Waals surface area contributed by atoms with E-state index in [1.54, 1.807) is 78.0 Å². The van der Waals surface area contributed by atoms with Crippen LogP contribution in [0.1, 0.15) is 27.3 Å². The molecule has 5 aromatic rings. The van der Waals surface area contributed by atoms with Gasteiger partial charge in [-0.1, -0.05) is 12.6 Å². The van der Waals surface area contributed by atoms with Gasteiger partial charge in [0.15, 0.2) is 0 Å². The molecule has 0 radical (unpaired) electrons. The summed E-state index contributed by atoms with van der Waals surface area (Å²) in [5, 5.41) is 6.06. The summed E-state index contributed by atoms with van der Waals surface area (Å²) in [5.41, 5.74) is 5.16. The molecule has 188 valence electrons. The normalized spacial score (nSPS) is 10.7. The number of aromatic nitrogens is 5. The average Bonchev–Trinajstić information content (AvgIpc) is 3.43. The summed E-state index contributed by atoms with van der Waals surface area (Å²) in [4.78, 5) is 30.3. The van der Waals surface area contributed by atoms with Gasteiger partial charge in [-0.3, -0.25) is 14.3 Å². The molecule has 0 aliphatic carbocycles. The second-order valence-electron chi connectivity index (χ2n) is 8.45. The van der Waals surface area contributed by atoms with Gasteiger partial charge in [-0.05, 0) is 67.1 Å². The minimum Gasteiger partial charge on any atom is -0.324 e.